The van der Waals surface area contributed by atoms with Gasteiger partial charge in [-0.05, 0) is 29.8 Å². The minimum Gasteiger partial charge on any atom is -0.465 e. The van der Waals surface area contributed by atoms with Crippen molar-refractivity contribution in [1.82, 2.24) is 0 Å². The molecule has 0 amide bonds. The van der Waals surface area contributed by atoms with Crippen LogP contribution in [0.4, 0.5) is 5.69 Å². The standard InChI is InChI=1S/C18H15NO6/c1-24-18(21)15-7-4-5-13(11-15)12-25-17(20)10-9-14-6-2-3-8-16(14)19(22)23/h2-11H,12H2,1H3/b10-9+. The van der Waals surface area contributed by atoms with Crippen molar-refractivity contribution in [3.05, 3.63) is 81.4 Å². The van der Waals surface area contributed by atoms with Crippen LogP contribution in [0.15, 0.2) is 54.6 Å². The summed E-state index contributed by atoms with van der Waals surface area (Å²) in [6.07, 6.45) is 2.44. The summed E-state index contributed by atoms with van der Waals surface area (Å²) in [7, 11) is 1.28. The van der Waals surface area contributed by atoms with Gasteiger partial charge < -0.3 is 9.47 Å². The van der Waals surface area contributed by atoms with Crippen LogP contribution in [0.25, 0.3) is 6.08 Å². The molecule has 7 heteroatoms. The van der Waals surface area contributed by atoms with Gasteiger partial charge in [-0.15, -0.1) is 0 Å². The molecular weight excluding hydrogens is 326 g/mol. The molecule has 0 unspecified atom stereocenters. The second kappa shape index (κ2) is 8.39. The third-order valence-electron chi connectivity index (χ3n) is 3.26. The maximum Gasteiger partial charge on any atom is 0.337 e. The molecule has 0 atom stereocenters. The molecule has 128 valence electrons. The minimum atomic E-state index is -0.651. The van der Waals surface area contributed by atoms with Crippen LogP contribution in [0, 0.1) is 10.1 Å². The predicted molar refractivity (Wildman–Crippen MR) is 89.7 cm³/mol. The second-order valence-corrected chi connectivity index (χ2v) is 4.95. The van der Waals surface area contributed by atoms with E-state index >= 15 is 0 Å². The molecule has 0 N–H and O–H groups in total. The molecule has 0 fully saturated rings. The van der Waals surface area contributed by atoms with E-state index < -0.39 is 16.9 Å². The average molecular weight is 341 g/mol. The van der Waals surface area contributed by atoms with Gasteiger partial charge in [-0.1, -0.05) is 24.3 Å². The van der Waals surface area contributed by atoms with E-state index in [0.29, 0.717) is 16.7 Å². The number of carbonyl (C=O) groups is 2. The summed E-state index contributed by atoms with van der Waals surface area (Å²) in [6.45, 7) is -0.0368. The van der Waals surface area contributed by atoms with Crippen LogP contribution >= 0.6 is 0 Å². The normalized spacial score (nSPS) is 10.4. The Morgan fingerprint density at radius 2 is 1.92 bits per heavy atom. The van der Waals surface area contributed by atoms with E-state index in [9.17, 15) is 19.7 Å². The van der Waals surface area contributed by atoms with Crippen LogP contribution in [0.3, 0.4) is 0 Å². The Balaban J connectivity index is 2.00. The highest BCUT2D eigenvalue weighted by Crippen LogP contribution is 2.19. The molecule has 0 heterocycles. The summed E-state index contributed by atoms with van der Waals surface area (Å²) >= 11 is 0. The van der Waals surface area contributed by atoms with Crippen molar-refractivity contribution >= 4 is 23.7 Å². The Kier molecular flexibility index (Phi) is 6.00. The lowest BCUT2D eigenvalue weighted by atomic mass is 10.1. The predicted octanol–water partition coefficient (Wildman–Crippen LogP) is 3.14. The van der Waals surface area contributed by atoms with E-state index in [2.05, 4.69) is 4.74 Å². The highest BCUT2D eigenvalue weighted by atomic mass is 16.6. The molecular formula is C18H15NO6. The van der Waals surface area contributed by atoms with Crippen molar-refractivity contribution in [2.24, 2.45) is 0 Å². The number of esters is 2. The summed E-state index contributed by atoms with van der Waals surface area (Å²) in [6, 6.07) is 12.6. The SMILES string of the molecule is COC(=O)c1cccc(COC(=O)/C=C/c2ccccc2[N+](=O)[O-])c1. The van der Waals surface area contributed by atoms with Crippen molar-refractivity contribution in [3.63, 3.8) is 0 Å². The number of benzene rings is 2. The van der Waals surface area contributed by atoms with Gasteiger partial charge in [0, 0.05) is 12.1 Å². The molecule has 0 saturated carbocycles. The Labute approximate surface area is 143 Å². The van der Waals surface area contributed by atoms with E-state index in [0.717, 1.165) is 6.08 Å². The van der Waals surface area contributed by atoms with Crippen LogP contribution in [-0.4, -0.2) is 24.0 Å². The molecule has 0 radical (unpaired) electrons. The number of nitrogens with zero attached hydrogens (tertiary/aromatic N) is 1. The minimum absolute atomic E-state index is 0.0368. The van der Waals surface area contributed by atoms with Gasteiger partial charge in [-0.25, -0.2) is 9.59 Å². The highest BCUT2D eigenvalue weighted by Gasteiger charge is 2.10. The van der Waals surface area contributed by atoms with Crippen LogP contribution in [0.5, 0.6) is 0 Å². The molecule has 0 aromatic heterocycles. The summed E-state index contributed by atoms with van der Waals surface area (Å²) < 4.78 is 9.69. The van der Waals surface area contributed by atoms with Gasteiger partial charge in [-0.3, -0.25) is 10.1 Å². The number of ether oxygens (including phenoxy) is 2. The largest absolute Gasteiger partial charge is 0.465 e. The zero-order valence-corrected chi connectivity index (χ0v) is 13.4. The van der Waals surface area contributed by atoms with E-state index in [-0.39, 0.29) is 12.3 Å². The van der Waals surface area contributed by atoms with Crippen LogP contribution in [0.2, 0.25) is 0 Å². The number of rotatable bonds is 6. The first-order chi connectivity index (χ1) is 12.0. The number of hydrogen-bond acceptors (Lipinski definition) is 6. The Morgan fingerprint density at radius 3 is 2.64 bits per heavy atom. The monoisotopic (exact) mass is 341 g/mol. The van der Waals surface area contributed by atoms with Crippen molar-refractivity contribution in [2.45, 2.75) is 6.61 Å². The molecule has 0 bridgehead atoms. The number of hydrogen-bond donors (Lipinski definition) is 0. The van der Waals surface area contributed by atoms with E-state index in [1.807, 2.05) is 0 Å². The van der Waals surface area contributed by atoms with Gasteiger partial charge in [0.2, 0.25) is 0 Å². The third-order valence-corrected chi connectivity index (χ3v) is 3.26. The number of carbonyl (C=O) groups excluding carboxylic acids is 2. The molecule has 0 aliphatic heterocycles. The number of para-hydroxylation sites is 1. The summed E-state index contributed by atoms with van der Waals surface area (Å²) in [5, 5.41) is 10.9. The topological polar surface area (TPSA) is 95.7 Å². The molecule has 0 aliphatic rings. The molecule has 2 rings (SSSR count). The van der Waals surface area contributed by atoms with Gasteiger partial charge in [0.05, 0.1) is 23.2 Å². The zero-order chi connectivity index (χ0) is 18.2. The molecule has 7 nitrogen and oxygen atoms in total. The van der Waals surface area contributed by atoms with Gasteiger partial charge in [0.1, 0.15) is 6.61 Å². The lowest BCUT2D eigenvalue weighted by Gasteiger charge is -2.04. The summed E-state index contributed by atoms with van der Waals surface area (Å²) in [5.74, 6) is -1.13. The quantitative estimate of drug-likeness (QED) is 0.347. The first kappa shape index (κ1) is 17.9. The maximum absolute atomic E-state index is 11.8. The maximum atomic E-state index is 11.8. The van der Waals surface area contributed by atoms with Crippen molar-refractivity contribution in [3.8, 4) is 0 Å². The summed E-state index contributed by atoms with van der Waals surface area (Å²) in [4.78, 5) is 33.6. The van der Waals surface area contributed by atoms with E-state index in [4.69, 9.17) is 4.74 Å². The second-order valence-electron chi connectivity index (χ2n) is 4.95. The molecule has 0 spiro atoms. The lowest BCUT2D eigenvalue weighted by Crippen LogP contribution is -2.04. The molecule has 2 aromatic rings. The van der Waals surface area contributed by atoms with Crippen LogP contribution in [0.1, 0.15) is 21.5 Å². The van der Waals surface area contributed by atoms with Crippen molar-refractivity contribution in [1.29, 1.82) is 0 Å². The van der Waals surface area contributed by atoms with Gasteiger partial charge in [0.25, 0.3) is 5.69 Å². The zero-order valence-electron chi connectivity index (χ0n) is 13.4. The third kappa shape index (κ3) is 5.00. The van der Waals surface area contributed by atoms with E-state index in [1.165, 1.54) is 25.3 Å². The Hall–Kier alpha value is -3.48. The fraction of sp³-hybridized carbons (Fsp3) is 0.111. The molecule has 2 aromatic carbocycles. The highest BCUT2D eigenvalue weighted by molar-refractivity contribution is 5.89. The van der Waals surface area contributed by atoms with Crippen molar-refractivity contribution < 1.29 is 24.0 Å². The number of nitro groups is 1. The molecule has 0 aliphatic carbocycles. The fourth-order valence-corrected chi connectivity index (χ4v) is 2.06. The molecule has 0 saturated heterocycles. The fourth-order valence-electron chi connectivity index (χ4n) is 2.06. The summed E-state index contributed by atoms with van der Waals surface area (Å²) in [5.41, 5.74) is 1.18. The van der Waals surface area contributed by atoms with Crippen LogP contribution < -0.4 is 0 Å². The van der Waals surface area contributed by atoms with E-state index in [1.54, 1.807) is 36.4 Å². The number of methoxy groups -OCH3 is 1. The lowest BCUT2D eigenvalue weighted by molar-refractivity contribution is -0.385. The van der Waals surface area contributed by atoms with Gasteiger partial charge >= 0.3 is 11.9 Å². The first-order valence-electron chi connectivity index (χ1n) is 7.27. The Bertz CT molecular complexity index is 828. The van der Waals surface area contributed by atoms with Crippen LogP contribution in [-0.2, 0) is 20.9 Å². The molecule has 25 heavy (non-hydrogen) atoms. The smallest absolute Gasteiger partial charge is 0.337 e. The van der Waals surface area contributed by atoms with Gasteiger partial charge in [0.15, 0.2) is 0 Å². The number of nitro benzene ring substituents is 1. The average Bonchev–Trinajstić information content (AvgIpc) is 2.64. The Morgan fingerprint density at radius 1 is 1.16 bits per heavy atom. The van der Waals surface area contributed by atoms with Gasteiger partial charge in [-0.2, -0.15) is 0 Å². The first-order valence-corrected chi connectivity index (χ1v) is 7.27. The van der Waals surface area contributed by atoms with Crippen molar-refractivity contribution in [2.75, 3.05) is 7.11 Å².